The molecule has 15 heavy (non-hydrogen) atoms. The zero-order valence-electron chi connectivity index (χ0n) is 11.4. The molecule has 0 aromatic heterocycles. The molecule has 0 radical (unpaired) electrons. The maximum Gasteiger partial charge on any atom is 0.00855 e. The van der Waals surface area contributed by atoms with Crippen LogP contribution in [0.3, 0.4) is 0 Å². The van der Waals surface area contributed by atoms with Gasteiger partial charge in [-0.15, -0.1) is 0 Å². The van der Waals surface area contributed by atoms with Crippen LogP contribution in [0.2, 0.25) is 0 Å². The van der Waals surface area contributed by atoms with E-state index in [1.54, 1.807) is 0 Å². The van der Waals surface area contributed by atoms with E-state index < -0.39 is 0 Å². The predicted molar refractivity (Wildman–Crippen MR) is 72.5 cm³/mol. The van der Waals surface area contributed by atoms with Crippen LogP contribution in [-0.2, 0) is 0 Å². The van der Waals surface area contributed by atoms with Crippen molar-refractivity contribution in [2.75, 3.05) is 0 Å². The molecule has 0 nitrogen and oxygen atoms in total. The summed E-state index contributed by atoms with van der Waals surface area (Å²) in [5.41, 5.74) is 0.489. The van der Waals surface area contributed by atoms with E-state index in [-0.39, 0.29) is 0 Å². The summed E-state index contributed by atoms with van der Waals surface area (Å²) in [5.74, 6) is 0.912. The van der Waals surface area contributed by atoms with E-state index in [1.807, 2.05) is 0 Å². The molecule has 2 unspecified atom stereocenters. The Morgan fingerprint density at radius 3 is 1.87 bits per heavy atom. The molecule has 0 N–H and O–H groups in total. The molecular weight excluding hydrogens is 200 g/mol. The molecule has 1 fully saturated rings. The first-order valence-corrected chi connectivity index (χ1v) is 7.26. The minimum absolute atomic E-state index is 0.422. The standard InChI is InChI=1S/C14H28S/c1-13(2,3)11-9-7-8-10-12(11)15-14(4,5)6/h11-12H,7-10H2,1-6H3. The van der Waals surface area contributed by atoms with Crippen LogP contribution in [0.5, 0.6) is 0 Å². The second kappa shape index (κ2) is 4.69. The minimum atomic E-state index is 0.422. The highest BCUT2D eigenvalue weighted by atomic mass is 32.2. The molecule has 1 saturated carbocycles. The molecule has 0 aromatic rings. The maximum atomic E-state index is 2.42. The molecule has 90 valence electrons. The van der Waals surface area contributed by atoms with Gasteiger partial charge in [0, 0.05) is 10.00 Å². The SMILES string of the molecule is CC(C)(C)SC1CCCCC1C(C)(C)C. The van der Waals surface area contributed by atoms with E-state index in [9.17, 15) is 0 Å². The Kier molecular flexibility index (Phi) is 4.20. The zero-order valence-corrected chi connectivity index (χ0v) is 12.2. The molecule has 0 aliphatic heterocycles. The van der Waals surface area contributed by atoms with E-state index in [2.05, 4.69) is 53.3 Å². The Bertz CT molecular complexity index is 194. The van der Waals surface area contributed by atoms with Crippen molar-refractivity contribution in [1.29, 1.82) is 0 Å². The second-order valence-electron chi connectivity index (χ2n) is 7.03. The van der Waals surface area contributed by atoms with Gasteiger partial charge in [0.15, 0.2) is 0 Å². The first kappa shape index (κ1) is 13.4. The lowest BCUT2D eigenvalue weighted by molar-refractivity contribution is 0.187. The van der Waals surface area contributed by atoms with Crippen LogP contribution in [0, 0.1) is 11.3 Å². The topological polar surface area (TPSA) is 0 Å². The highest BCUT2D eigenvalue weighted by molar-refractivity contribution is 8.01. The molecule has 1 rings (SSSR count). The molecular formula is C14H28S. The van der Waals surface area contributed by atoms with Crippen LogP contribution < -0.4 is 0 Å². The van der Waals surface area contributed by atoms with Crippen molar-refractivity contribution < 1.29 is 0 Å². The van der Waals surface area contributed by atoms with Gasteiger partial charge in [0.1, 0.15) is 0 Å². The van der Waals surface area contributed by atoms with Gasteiger partial charge in [-0.05, 0) is 24.2 Å². The Hall–Kier alpha value is 0.350. The third-order valence-corrected chi connectivity index (χ3v) is 4.89. The molecule has 0 bridgehead atoms. The molecule has 1 aliphatic carbocycles. The lowest BCUT2D eigenvalue weighted by atomic mass is 9.72. The van der Waals surface area contributed by atoms with Gasteiger partial charge in [0.25, 0.3) is 0 Å². The molecule has 1 aliphatic rings. The summed E-state index contributed by atoms with van der Waals surface area (Å²) >= 11 is 2.21. The van der Waals surface area contributed by atoms with Gasteiger partial charge < -0.3 is 0 Å². The van der Waals surface area contributed by atoms with Crippen LogP contribution in [-0.4, -0.2) is 10.00 Å². The zero-order chi connectivity index (χ0) is 11.7. The van der Waals surface area contributed by atoms with Crippen molar-refractivity contribution in [2.45, 2.75) is 77.2 Å². The summed E-state index contributed by atoms with van der Waals surface area (Å²) in [5, 5.41) is 0.888. The summed E-state index contributed by atoms with van der Waals surface area (Å²) in [6.07, 6.45) is 5.77. The average molecular weight is 228 g/mol. The number of hydrogen-bond donors (Lipinski definition) is 0. The highest BCUT2D eigenvalue weighted by Crippen LogP contribution is 2.46. The highest BCUT2D eigenvalue weighted by Gasteiger charge is 2.36. The van der Waals surface area contributed by atoms with Gasteiger partial charge in [-0.25, -0.2) is 0 Å². The molecule has 2 atom stereocenters. The van der Waals surface area contributed by atoms with Crippen molar-refractivity contribution in [1.82, 2.24) is 0 Å². The smallest absolute Gasteiger partial charge is 0.00855 e. The summed E-state index contributed by atoms with van der Waals surface area (Å²) in [4.78, 5) is 0. The van der Waals surface area contributed by atoms with Crippen LogP contribution in [0.25, 0.3) is 0 Å². The van der Waals surface area contributed by atoms with E-state index in [0.717, 1.165) is 11.2 Å². The summed E-state index contributed by atoms with van der Waals surface area (Å²) in [7, 11) is 0. The van der Waals surface area contributed by atoms with Gasteiger partial charge in [-0.3, -0.25) is 0 Å². The van der Waals surface area contributed by atoms with Crippen molar-refractivity contribution in [3.63, 3.8) is 0 Å². The van der Waals surface area contributed by atoms with Crippen molar-refractivity contribution >= 4 is 11.8 Å². The van der Waals surface area contributed by atoms with Crippen LogP contribution in [0.4, 0.5) is 0 Å². The molecule has 0 aromatic carbocycles. The van der Waals surface area contributed by atoms with Gasteiger partial charge in [-0.2, -0.15) is 11.8 Å². The van der Waals surface area contributed by atoms with Crippen molar-refractivity contribution in [2.24, 2.45) is 11.3 Å². The average Bonchev–Trinajstić information content (AvgIpc) is 1.99. The first-order chi connectivity index (χ1) is 6.70. The van der Waals surface area contributed by atoms with E-state index in [1.165, 1.54) is 25.7 Å². The minimum Gasteiger partial charge on any atom is -0.152 e. The Balaban J connectivity index is 2.66. The van der Waals surface area contributed by atoms with Gasteiger partial charge in [0.05, 0.1) is 0 Å². The molecule has 0 amide bonds. The molecule has 0 saturated heterocycles. The van der Waals surface area contributed by atoms with Gasteiger partial charge >= 0.3 is 0 Å². The van der Waals surface area contributed by atoms with Crippen LogP contribution >= 0.6 is 11.8 Å². The normalized spacial score (nSPS) is 29.2. The van der Waals surface area contributed by atoms with Crippen molar-refractivity contribution in [3.05, 3.63) is 0 Å². The van der Waals surface area contributed by atoms with Gasteiger partial charge in [-0.1, -0.05) is 54.4 Å². The van der Waals surface area contributed by atoms with E-state index in [0.29, 0.717) is 10.2 Å². The largest absolute Gasteiger partial charge is 0.152 e. The Labute approximate surface area is 101 Å². The number of thioether (sulfide) groups is 1. The fourth-order valence-electron chi connectivity index (χ4n) is 2.68. The van der Waals surface area contributed by atoms with Gasteiger partial charge in [0.2, 0.25) is 0 Å². The monoisotopic (exact) mass is 228 g/mol. The Morgan fingerprint density at radius 1 is 0.867 bits per heavy atom. The number of rotatable bonds is 1. The Morgan fingerprint density at radius 2 is 1.40 bits per heavy atom. The number of hydrogen-bond acceptors (Lipinski definition) is 1. The lowest BCUT2D eigenvalue weighted by Gasteiger charge is -2.42. The predicted octanol–water partition coefficient (Wildman–Crippen LogP) is 5.12. The summed E-state index contributed by atoms with van der Waals surface area (Å²) < 4.78 is 0.422. The quantitative estimate of drug-likeness (QED) is 0.600. The third kappa shape index (κ3) is 4.38. The fraction of sp³-hybridized carbons (Fsp3) is 1.00. The summed E-state index contributed by atoms with van der Waals surface area (Å²) in [6.45, 7) is 14.3. The van der Waals surface area contributed by atoms with E-state index >= 15 is 0 Å². The van der Waals surface area contributed by atoms with Crippen LogP contribution in [0.1, 0.15) is 67.2 Å². The lowest BCUT2D eigenvalue weighted by Crippen LogP contribution is -2.35. The first-order valence-electron chi connectivity index (χ1n) is 6.38. The summed E-state index contributed by atoms with van der Waals surface area (Å²) in [6, 6.07) is 0. The third-order valence-electron chi connectivity index (χ3n) is 3.32. The van der Waals surface area contributed by atoms with Crippen molar-refractivity contribution in [3.8, 4) is 0 Å². The van der Waals surface area contributed by atoms with E-state index in [4.69, 9.17) is 0 Å². The fourth-order valence-corrected chi connectivity index (χ4v) is 4.58. The molecule has 0 spiro atoms. The second-order valence-corrected chi connectivity index (χ2v) is 9.09. The molecule has 0 heterocycles. The molecule has 1 heteroatoms. The maximum absolute atomic E-state index is 2.42. The van der Waals surface area contributed by atoms with Crippen LogP contribution in [0.15, 0.2) is 0 Å².